The van der Waals surface area contributed by atoms with Gasteiger partial charge in [0.2, 0.25) is 5.91 Å². The summed E-state index contributed by atoms with van der Waals surface area (Å²) in [5.41, 5.74) is 0. The maximum Gasteiger partial charge on any atom is 0.305 e. The summed E-state index contributed by atoms with van der Waals surface area (Å²) >= 11 is 0. The molecular formula is C51H97NO5. The van der Waals surface area contributed by atoms with Gasteiger partial charge in [0.1, 0.15) is 0 Å². The molecule has 57 heavy (non-hydrogen) atoms. The van der Waals surface area contributed by atoms with Crippen molar-refractivity contribution >= 4 is 11.9 Å². The molecule has 0 aromatic carbocycles. The number of rotatable bonds is 46. The molecule has 2 atom stereocenters. The number of unbranched alkanes of at least 4 members (excludes halogenated alkanes) is 31. The number of hydrogen-bond donors (Lipinski definition) is 3. The summed E-state index contributed by atoms with van der Waals surface area (Å²) in [6, 6.07) is -0.552. The molecule has 6 heteroatoms. The van der Waals surface area contributed by atoms with Crippen LogP contribution >= 0.6 is 0 Å². The SMILES string of the molecule is CCCCCC/C=C\C/C=C\CCCCCCCC(=O)OCCCCCCCCCCCCCCC(=O)NC(CO)C(O)CCCCCCCCCCCCCC. The Kier molecular flexibility index (Phi) is 45.7. The lowest BCUT2D eigenvalue weighted by atomic mass is 10.0. The maximum absolute atomic E-state index is 12.4. The zero-order valence-electron chi connectivity index (χ0n) is 38.1. The standard InChI is InChI=1S/C51H97NO5/c1-3-5-7-9-11-13-15-17-18-19-20-25-29-33-37-41-45-51(56)57-46-42-38-34-30-26-22-21-24-28-32-36-40-44-50(55)52-48(47-53)49(54)43-39-35-31-27-23-16-14-12-10-8-6-4-2/h13,15,18-19,48-49,53-54H,3-12,14,16-17,20-47H2,1-2H3,(H,52,55)/b15-13-,19-18-. The number of carbonyl (C=O) groups is 2. The average Bonchev–Trinajstić information content (AvgIpc) is 3.21. The normalized spacial score (nSPS) is 12.8. The van der Waals surface area contributed by atoms with Crippen molar-refractivity contribution in [2.45, 2.75) is 276 Å². The van der Waals surface area contributed by atoms with Crippen LogP contribution in [0.5, 0.6) is 0 Å². The predicted molar refractivity (Wildman–Crippen MR) is 246 cm³/mol. The van der Waals surface area contributed by atoms with Crippen LogP contribution < -0.4 is 5.32 Å². The highest BCUT2D eigenvalue weighted by atomic mass is 16.5. The number of amides is 1. The van der Waals surface area contributed by atoms with Crippen LogP contribution in [0.15, 0.2) is 24.3 Å². The van der Waals surface area contributed by atoms with Crippen molar-refractivity contribution in [3.05, 3.63) is 24.3 Å². The Morgan fingerprint density at radius 1 is 0.491 bits per heavy atom. The molecule has 0 rings (SSSR count). The van der Waals surface area contributed by atoms with E-state index in [9.17, 15) is 19.8 Å². The number of hydrogen-bond acceptors (Lipinski definition) is 5. The number of aliphatic hydroxyl groups is 2. The van der Waals surface area contributed by atoms with Gasteiger partial charge in [-0.25, -0.2) is 0 Å². The van der Waals surface area contributed by atoms with Crippen LogP contribution in [0.4, 0.5) is 0 Å². The Labute approximate surface area is 354 Å². The largest absolute Gasteiger partial charge is 0.466 e. The Morgan fingerprint density at radius 2 is 0.877 bits per heavy atom. The van der Waals surface area contributed by atoms with Crippen molar-refractivity contribution in [1.29, 1.82) is 0 Å². The van der Waals surface area contributed by atoms with E-state index in [1.807, 2.05) is 0 Å². The molecule has 3 N–H and O–H groups in total. The first-order chi connectivity index (χ1) is 28.0. The van der Waals surface area contributed by atoms with E-state index >= 15 is 0 Å². The van der Waals surface area contributed by atoms with Gasteiger partial charge in [-0.05, 0) is 57.8 Å². The Bertz CT molecular complexity index is 889. The van der Waals surface area contributed by atoms with E-state index in [-0.39, 0.29) is 18.5 Å². The van der Waals surface area contributed by atoms with Crippen LogP contribution in [0.25, 0.3) is 0 Å². The van der Waals surface area contributed by atoms with Crippen LogP contribution in [0.1, 0.15) is 264 Å². The van der Waals surface area contributed by atoms with E-state index in [0.29, 0.717) is 25.9 Å². The fourth-order valence-electron chi connectivity index (χ4n) is 7.61. The number of nitrogens with one attached hydrogen (secondary N) is 1. The van der Waals surface area contributed by atoms with Gasteiger partial charge in [0.05, 0.1) is 25.4 Å². The molecule has 0 saturated carbocycles. The predicted octanol–water partition coefficient (Wildman–Crippen LogP) is 14.7. The summed E-state index contributed by atoms with van der Waals surface area (Å²) in [4.78, 5) is 24.4. The van der Waals surface area contributed by atoms with Crippen molar-refractivity contribution < 1.29 is 24.5 Å². The molecule has 336 valence electrons. The molecule has 0 fully saturated rings. The molecule has 0 aliphatic heterocycles. The van der Waals surface area contributed by atoms with E-state index in [1.165, 1.54) is 161 Å². The second kappa shape index (κ2) is 47.0. The molecule has 2 unspecified atom stereocenters. The summed E-state index contributed by atoms with van der Waals surface area (Å²) in [6.45, 7) is 4.88. The van der Waals surface area contributed by atoms with Crippen molar-refractivity contribution in [3.8, 4) is 0 Å². The quantitative estimate of drug-likeness (QED) is 0.0324. The van der Waals surface area contributed by atoms with Crippen LogP contribution in [-0.2, 0) is 14.3 Å². The Morgan fingerprint density at radius 3 is 1.35 bits per heavy atom. The van der Waals surface area contributed by atoms with Gasteiger partial charge in [0, 0.05) is 12.8 Å². The fourth-order valence-corrected chi connectivity index (χ4v) is 7.61. The zero-order valence-corrected chi connectivity index (χ0v) is 38.1. The van der Waals surface area contributed by atoms with Gasteiger partial charge < -0.3 is 20.3 Å². The van der Waals surface area contributed by atoms with E-state index in [0.717, 1.165) is 70.6 Å². The van der Waals surface area contributed by atoms with Gasteiger partial charge in [-0.2, -0.15) is 0 Å². The first kappa shape index (κ1) is 55.3. The topological polar surface area (TPSA) is 95.9 Å². The number of carbonyl (C=O) groups excluding carboxylic acids is 2. The average molecular weight is 804 g/mol. The van der Waals surface area contributed by atoms with Gasteiger partial charge in [-0.3, -0.25) is 9.59 Å². The van der Waals surface area contributed by atoms with Gasteiger partial charge >= 0.3 is 5.97 Å². The number of esters is 1. The smallest absolute Gasteiger partial charge is 0.305 e. The van der Waals surface area contributed by atoms with Gasteiger partial charge in [-0.15, -0.1) is 0 Å². The number of aliphatic hydroxyl groups excluding tert-OH is 2. The van der Waals surface area contributed by atoms with Crippen molar-refractivity contribution in [2.24, 2.45) is 0 Å². The van der Waals surface area contributed by atoms with Gasteiger partial charge in [0.25, 0.3) is 0 Å². The lowest BCUT2D eigenvalue weighted by molar-refractivity contribution is -0.143. The molecule has 0 aliphatic carbocycles. The summed E-state index contributed by atoms with van der Waals surface area (Å²) < 4.78 is 5.45. The fraction of sp³-hybridized carbons (Fsp3) is 0.882. The molecular weight excluding hydrogens is 707 g/mol. The molecule has 0 bridgehead atoms. The third kappa shape index (κ3) is 43.7. The third-order valence-electron chi connectivity index (χ3n) is 11.5. The second-order valence-electron chi connectivity index (χ2n) is 17.1. The first-order valence-electron chi connectivity index (χ1n) is 25.1. The highest BCUT2D eigenvalue weighted by molar-refractivity contribution is 5.76. The van der Waals surface area contributed by atoms with E-state index < -0.39 is 12.1 Å². The van der Waals surface area contributed by atoms with Crippen LogP contribution in [0.3, 0.4) is 0 Å². The summed E-state index contributed by atoms with van der Waals surface area (Å²) in [6.07, 6.45) is 54.2. The number of allylic oxidation sites excluding steroid dienone is 4. The Balaban J connectivity index is 3.46. The second-order valence-corrected chi connectivity index (χ2v) is 17.1. The molecule has 0 aromatic rings. The van der Waals surface area contributed by atoms with Crippen molar-refractivity contribution in [2.75, 3.05) is 13.2 Å². The van der Waals surface area contributed by atoms with Crippen LogP contribution in [0.2, 0.25) is 0 Å². The lowest BCUT2D eigenvalue weighted by Gasteiger charge is -2.22. The zero-order chi connectivity index (χ0) is 41.5. The molecule has 1 amide bonds. The van der Waals surface area contributed by atoms with Crippen LogP contribution in [-0.4, -0.2) is 47.4 Å². The number of ether oxygens (including phenoxy) is 1. The molecule has 0 saturated heterocycles. The molecule has 0 radical (unpaired) electrons. The molecule has 0 aromatic heterocycles. The summed E-state index contributed by atoms with van der Waals surface area (Å²) in [7, 11) is 0. The summed E-state index contributed by atoms with van der Waals surface area (Å²) in [5, 5.41) is 23.1. The van der Waals surface area contributed by atoms with Gasteiger partial charge in [0.15, 0.2) is 0 Å². The highest BCUT2D eigenvalue weighted by Gasteiger charge is 2.20. The van der Waals surface area contributed by atoms with Crippen molar-refractivity contribution in [3.63, 3.8) is 0 Å². The molecule has 0 spiro atoms. The first-order valence-corrected chi connectivity index (χ1v) is 25.1. The maximum atomic E-state index is 12.4. The van der Waals surface area contributed by atoms with E-state index in [2.05, 4.69) is 43.5 Å². The molecule has 6 nitrogen and oxygen atoms in total. The van der Waals surface area contributed by atoms with Gasteiger partial charge in [-0.1, -0.05) is 218 Å². The minimum Gasteiger partial charge on any atom is -0.466 e. The highest BCUT2D eigenvalue weighted by Crippen LogP contribution is 2.16. The van der Waals surface area contributed by atoms with E-state index in [4.69, 9.17) is 4.74 Å². The molecule has 0 aliphatic rings. The van der Waals surface area contributed by atoms with E-state index in [1.54, 1.807) is 0 Å². The lowest BCUT2D eigenvalue weighted by Crippen LogP contribution is -2.45. The van der Waals surface area contributed by atoms with Crippen LogP contribution in [0, 0.1) is 0 Å². The van der Waals surface area contributed by atoms with Crippen molar-refractivity contribution in [1.82, 2.24) is 5.32 Å². The monoisotopic (exact) mass is 804 g/mol. The minimum absolute atomic E-state index is 0.0230. The minimum atomic E-state index is -0.674. The Hall–Kier alpha value is -1.66. The molecule has 0 heterocycles. The summed E-state index contributed by atoms with van der Waals surface area (Å²) in [5.74, 6) is -0.0752. The third-order valence-corrected chi connectivity index (χ3v) is 11.5.